The Morgan fingerprint density at radius 3 is 2.80 bits per heavy atom. The number of ether oxygens (including phenoxy) is 1. The third kappa shape index (κ3) is 4.84. The van der Waals surface area contributed by atoms with Crippen LogP contribution in [0.15, 0.2) is 67.1 Å². The predicted octanol–water partition coefficient (Wildman–Crippen LogP) is 3.77. The summed E-state index contributed by atoms with van der Waals surface area (Å²) in [7, 11) is 0. The number of aromatic nitrogens is 5. The average molecular weight is 423 g/mol. The summed E-state index contributed by atoms with van der Waals surface area (Å²) in [5.74, 6) is 0.441. The van der Waals surface area contributed by atoms with Crippen molar-refractivity contribution in [2.24, 2.45) is 0 Å². The van der Waals surface area contributed by atoms with E-state index in [4.69, 9.17) is 16.3 Å². The fourth-order valence-electron chi connectivity index (χ4n) is 2.81. The lowest BCUT2D eigenvalue weighted by molar-refractivity contribution is 0.101. The van der Waals surface area contributed by atoms with Crippen molar-refractivity contribution in [3.63, 3.8) is 0 Å². The number of benzene rings is 2. The van der Waals surface area contributed by atoms with Crippen LogP contribution in [0.25, 0.3) is 0 Å². The summed E-state index contributed by atoms with van der Waals surface area (Å²) < 4.78 is 8.80. The van der Waals surface area contributed by atoms with Crippen molar-refractivity contribution < 1.29 is 9.53 Å². The molecular weight excluding hydrogens is 404 g/mol. The molecule has 30 heavy (non-hydrogen) atoms. The van der Waals surface area contributed by atoms with Gasteiger partial charge in [0.1, 0.15) is 12.1 Å². The summed E-state index contributed by atoms with van der Waals surface area (Å²) in [6.45, 7) is 2.77. The van der Waals surface area contributed by atoms with E-state index in [-0.39, 0.29) is 18.4 Å². The third-order valence-electron chi connectivity index (χ3n) is 4.39. The van der Waals surface area contributed by atoms with Gasteiger partial charge in [-0.15, -0.1) is 5.10 Å². The first-order valence-electron chi connectivity index (χ1n) is 9.24. The molecule has 1 N–H and O–H groups in total. The van der Waals surface area contributed by atoms with Gasteiger partial charge in [0, 0.05) is 11.2 Å². The van der Waals surface area contributed by atoms with Gasteiger partial charge in [0.15, 0.2) is 12.4 Å². The minimum atomic E-state index is -0.398. The maximum atomic E-state index is 12.4. The molecule has 0 aliphatic heterocycles. The predicted molar refractivity (Wildman–Crippen MR) is 113 cm³/mol. The number of hydrogen-bond donors (Lipinski definition) is 1. The maximum Gasteiger partial charge on any atom is 0.278 e. The van der Waals surface area contributed by atoms with E-state index in [1.54, 1.807) is 47.5 Å². The number of halogens is 1. The van der Waals surface area contributed by atoms with Crippen LogP contribution in [0.5, 0.6) is 5.75 Å². The Bertz CT molecular complexity index is 1170. The zero-order valence-corrected chi connectivity index (χ0v) is 17.0. The second-order valence-corrected chi connectivity index (χ2v) is 7.05. The third-order valence-corrected chi connectivity index (χ3v) is 4.62. The van der Waals surface area contributed by atoms with E-state index in [1.165, 1.54) is 10.2 Å². The molecular formula is C21H19ClN6O2. The van der Waals surface area contributed by atoms with E-state index in [9.17, 15) is 4.79 Å². The summed E-state index contributed by atoms with van der Waals surface area (Å²) in [5, 5.41) is 11.8. The van der Waals surface area contributed by atoms with Gasteiger partial charge in [-0.3, -0.25) is 10.1 Å². The number of carbonyl (C=O) groups excluding carboxylic acids is 1. The van der Waals surface area contributed by atoms with Crippen LogP contribution >= 0.6 is 11.6 Å². The standard InChI is InChI=1S/C21H19ClN6O2/c1-15-5-2-3-6-16(15)12-28-13-23-21(26-28)24-20(29)19-9-10-27(25-19)14-30-18-8-4-7-17(22)11-18/h2-11,13H,12,14H2,1H3,(H,24,26,29). The fourth-order valence-corrected chi connectivity index (χ4v) is 2.99. The van der Waals surface area contributed by atoms with Gasteiger partial charge in [0.25, 0.3) is 5.91 Å². The lowest BCUT2D eigenvalue weighted by atomic mass is 10.1. The van der Waals surface area contributed by atoms with Crippen molar-refractivity contribution >= 4 is 23.5 Å². The van der Waals surface area contributed by atoms with E-state index in [0.29, 0.717) is 17.3 Å². The molecule has 0 radical (unpaired) electrons. The quantitative estimate of drug-likeness (QED) is 0.490. The van der Waals surface area contributed by atoms with E-state index < -0.39 is 5.91 Å². The van der Waals surface area contributed by atoms with Gasteiger partial charge in [-0.05, 0) is 42.3 Å². The molecule has 0 saturated carbocycles. The Balaban J connectivity index is 1.34. The van der Waals surface area contributed by atoms with Gasteiger partial charge in [0.05, 0.1) is 6.54 Å². The number of nitrogens with one attached hydrogen (secondary N) is 1. The summed E-state index contributed by atoms with van der Waals surface area (Å²) in [6, 6.07) is 16.7. The van der Waals surface area contributed by atoms with Crippen LogP contribution in [0, 0.1) is 6.92 Å². The van der Waals surface area contributed by atoms with Gasteiger partial charge in [0.2, 0.25) is 5.95 Å². The molecule has 9 heteroatoms. The molecule has 0 unspecified atom stereocenters. The van der Waals surface area contributed by atoms with Crippen molar-refractivity contribution in [1.29, 1.82) is 0 Å². The largest absolute Gasteiger partial charge is 0.471 e. The van der Waals surface area contributed by atoms with Gasteiger partial charge in [-0.25, -0.2) is 14.3 Å². The molecule has 2 aromatic heterocycles. The molecule has 0 saturated heterocycles. The summed E-state index contributed by atoms with van der Waals surface area (Å²) in [4.78, 5) is 16.6. The van der Waals surface area contributed by atoms with Crippen molar-refractivity contribution in [1.82, 2.24) is 24.5 Å². The first-order valence-corrected chi connectivity index (χ1v) is 9.62. The Labute approximate surface area is 178 Å². The van der Waals surface area contributed by atoms with E-state index in [2.05, 4.69) is 20.5 Å². The summed E-state index contributed by atoms with van der Waals surface area (Å²) in [6.07, 6.45) is 3.24. The molecule has 4 aromatic rings. The number of amides is 1. The fraction of sp³-hybridized carbons (Fsp3) is 0.143. The number of hydrogen-bond acceptors (Lipinski definition) is 5. The molecule has 0 fully saturated rings. The van der Waals surface area contributed by atoms with E-state index in [1.807, 2.05) is 31.2 Å². The molecule has 2 aromatic carbocycles. The minimum Gasteiger partial charge on any atom is -0.471 e. The highest BCUT2D eigenvalue weighted by atomic mass is 35.5. The van der Waals surface area contributed by atoms with Crippen molar-refractivity contribution in [3.05, 3.63) is 89.0 Å². The van der Waals surface area contributed by atoms with Crippen LogP contribution in [-0.4, -0.2) is 30.5 Å². The summed E-state index contributed by atoms with van der Waals surface area (Å²) >= 11 is 5.94. The minimum absolute atomic E-state index is 0.150. The zero-order chi connectivity index (χ0) is 20.9. The number of aryl methyl sites for hydroxylation is 1. The highest BCUT2D eigenvalue weighted by molar-refractivity contribution is 6.30. The van der Waals surface area contributed by atoms with E-state index in [0.717, 1.165) is 5.56 Å². The molecule has 0 aliphatic rings. The number of carbonyl (C=O) groups is 1. The zero-order valence-electron chi connectivity index (χ0n) is 16.2. The SMILES string of the molecule is Cc1ccccc1Cn1cnc(NC(=O)c2ccn(COc3cccc(Cl)c3)n2)n1. The Hall–Kier alpha value is -3.65. The lowest BCUT2D eigenvalue weighted by Crippen LogP contribution is -2.15. The van der Waals surface area contributed by atoms with Crippen LogP contribution < -0.4 is 10.1 Å². The van der Waals surface area contributed by atoms with Crippen LogP contribution in [0.1, 0.15) is 21.6 Å². The molecule has 0 aliphatic carbocycles. The second-order valence-electron chi connectivity index (χ2n) is 6.62. The van der Waals surface area contributed by atoms with Gasteiger partial charge >= 0.3 is 0 Å². The highest BCUT2D eigenvalue weighted by Gasteiger charge is 2.13. The van der Waals surface area contributed by atoms with Crippen LogP contribution in [0.4, 0.5) is 5.95 Å². The van der Waals surface area contributed by atoms with Crippen molar-refractivity contribution in [2.45, 2.75) is 20.2 Å². The Morgan fingerprint density at radius 2 is 1.97 bits per heavy atom. The molecule has 1 amide bonds. The first-order chi connectivity index (χ1) is 14.6. The second kappa shape index (κ2) is 8.79. The number of nitrogens with zero attached hydrogens (tertiary/aromatic N) is 5. The molecule has 0 spiro atoms. The Morgan fingerprint density at radius 1 is 1.10 bits per heavy atom. The van der Waals surface area contributed by atoms with Gasteiger partial charge in [-0.1, -0.05) is 41.9 Å². The van der Waals surface area contributed by atoms with Crippen LogP contribution in [0.3, 0.4) is 0 Å². The lowest BCUT2D eigenvalue weighted by Gasteiger charge is -2.06. The van der Waals surface area contributed by atoms with Crippen molar-refractivity contribution in [3.8, 4) is 5.75 Å². The molecule has 0 bridgehead atoms. The number of rotatable bonds is 7. The monoisotopic (exact) mass is 422 g/mol. The molecule has 8 nitrogen and oxygen atoms in total. The number of anilines is 1. The van der Waals surface area contributed by atoms with Crippen molar-refractivity contribution in [2.75, 3.05) is 5.32 Å². The molecule has 2 heterocycles. The Kier molecular flexibility index (Phi) is 5.76. The van der Waals surface area contributed by atoms with Gasteiger partial charge in [-0.2, -0.15) is 5.10 Å². The summed E-state index contributed by atoms with van der Waals surface area (Å²) in [5.41, 5.74) is 2.54. The first kappa shape index (κ1) is 19.7. The molecule has 0 atom stereocenters. The average Bonchev–Trinajstić information content (AvgIpc) is 3.38. The van der Waals surface area contributed by atoms with E-state index >= 15 is 0 Å². The van der Waals surface area contributed by atoms with Crippen LogP contribution in [-0.2, 0) is 13.3 Å². The molecule has 152 valence electrons. The normalized spacial score (nSPS) is 10.7. The topological polar surface area (TPSA) is 86.9 Å². The molecule has 4 rings (SSSR count). The smallest absolute Gasteiger partial charge is 0.278 e. The highest BCUT2D eigenvalue weighted by Crippen LogP contribution is 2.17. The maximum absolute atomic E-state index is 12.4. The van der Waals surface area contributed by atoms with Crippen LogP contribution in [0.2, 0.25) is 5.02 Å². The van der Waals surface area contributed by atoms with Gasteiger partial charge < -0.3 is 4.74 Å².